The molecule has 2 atom stereocenters. The fraction of sp³-hybridized carbons (Fsp3) is 0.722. The molecule has 0 radical (unpaired) electrons. The number of carbonyl (C=O) groups is 1. The highest BCUT2D eigenvalue weighted by molar-refractivity contribution is 7.12. The predicted molar refractivity (Wildman–Crippen MR) is 90.1 cm³/mol. The quantitative estimate of drug-likeness (QED) is 0.850. The van der Waals surface area contributed by atoms with Crippen molar-refractivity contribution < 1.29 is 4.79 Å². The molecule has 0 bridgehead atoms. The molecular weight excluding hydrogens is 292 g/mol. The van der Waals surface area contributed by atoms with Crippen LogP contribution in [-0.2, 0) is 11.3 Å². The Bertz CT molecular complexity index is 549. The minimum Gasteiger partial charge on any atom is -0.337 e. The van der Waals surface area contributed by atoms with Crippen molar-refractivity contribution in [1.82, 2.24) is 9.80 Å². The molecule has 4 heteroatoms. The molecule has 1 aliphatic carbocycles. The molecule has 2 aliphatic heterocycles. The molecule has 1 saturated carbocycles. The summed E-state index contributed by atoms with van der Waals surface area (Å²) in [5.41, 5.74) is 0. The highest BCUT2D eigenvalue weighted by atomic mass is 32.1. The lowest BCUT2D eigenvalue weighted by Gasteiger charge is -2.41. The van der Waals surface area contributed by atoms with Gasteiger partial charge in [-0.25, -0.2) is 0 Å². The molecule has 120 valence electrons. The average molecular weight is 318 g/mol. The van der Waals surface area contributed by atoms with Gasteiger partial charge in [-0.05, 0) is 50.7 Å². The van der Waals surface area contributed by atoms with Crippen molar-refractivity contribution in [2.45, 2.75) is 70.0 Å². The van der Waals surface area contributed by atoms with Gasteiger partial charge in [-0.3, -0.25) is 9.69 Å². The summed E-state index contributed by atoms with van der Waals surface area (Å²) in [6.45, 7) is 5.08. The molecule has 1 aromatic rings. The van der Waals surface area contributed by atoms with E-state index in [1.54, 1.807) is 4.88 Å². The van der Waals surface area contributed by atoms with Gasteiger partial charge < -0.3 is 4.90 Å². The summed E-state index contributed by atoms with van der Waals surface area (Å²) in [5, 5.41) is 0. The van der Waals surface area contributed by atoms with E-state index in [0.717, 1.165) is 25.6 Å². The van der Waals surface area contributed by atoms with Crippen LogP contribution in [0.1, 0.15) is 61.1 Å². The Labute approximate surface area is 137 Å². The van der Waals surface area contributed by atoms with Crippen LogP contribution in [0.25, 0.3) is 0 Å². The molecule has 4 rings (SSSR count). The van der Waals surface area contributed by atoms with E-state index in [1.165, 1.54) is 43.4 Å². The Balaban J connectivity index is 1.45. The van der Waals surface area contributed by atoms with E-state index in [-0.39, 0.29) is 6.04 Å². The molecule has 22 heavy (non-hydrogen) atoms. The molecule has 0 aromatic carbocycles. The van der Waals surface area contributed by atoms with Crippen molar-refractivity contribution >= 4 is 17.2 Å². The van der Waals surface area contributed by atoms with Crippen molar-refractivity contribution in [3.63, 3.8) is 0 Å². The molecule has 1 aromatic heterocycles. The van der Waals surface area contributed by atoms with Crippen LogP contribution in [0.4, 0.5) is 0 Å². The minimum absolute atomic E-state index is 0.0476. The molecule has 3 fully saturated rings. The van der Waals surface area contributed by atoms with Crippen molar-refractivity contribution in [1.29, 1.82) is 0 Å². The summed E-state index contributed by atoms with van der Waals surface area (Å²) in [5.74, 6) is 1.16. The maximum atomic E-state index is 12.5. The summed E-state index contributed by atoms with van der Waals surface area (Å²) in [6, 6.07) is 5.16. The number of rotatable bonds is 3. The van der Waals surface area contributed by atoms with Crippen molar-refractivity contribution in [3.8, 4) is 0 Å². The van der Waals surface area contributed by atoms with Gasteiger partial charge in [-0.1, -0.05) is 12.8 Å². The summed E-state index contributed by atoms with van der Waals surface area (Å²) in [6.07, 6.45) is 7.90. The van der Waals surface area contributed by atoms with Crippen LogP contribution >= 0.6 is 11.3 Å². The molecule has 3 nitrogen and oxygen atoms in total. The zero-order valence-electron chi connectivity index (χ0n) is 13.5. The van der Waals surface area contributed by atoms with E-state index in [4.69, 9.17) is 0 Å². The Morgan fingerprint density at radius 1 is 1.18 bits per heavy atom. The van der Waals surface area contributed by atoms with Gasteiger partial charge in [0.2, 0.25) is 5.91 Å². The first-order valence-electron chi connectivity index (χ1n) is 8.85. The van der Waals surface area contributed by atoms with E-state index in [0.29, 0.717) is 11.9 Å². The topological polar surface area (TPSA) is 23.6 Å². The van der Waals surface area contributed by atoms with E-state index >= 15 is 0 Å². The van der Waals surface area contributed by atoms with Crippen LogP contribution in [0.15, 0.2) is 12.1 Å². The molecule has 3 aliphatic rings. The minimum atomic E-state index is 0.0476. The smallest absolute Gasteiger partial charge is 0.239 e. The van der Waals surface area contributed by atoms with E-state index in [9.17, 15) is 4.79 Å². The van der Waals surface area contributed by atoms with Crippen molar-refractivity contribution in [3.05, 3.63) is 21.9 Å². The summed E-state index contributed by atoms with van der Waals surface area (Å²) < 4.78 is 0. The Morgan fingerprint density at radius 3 is 2.82 bits per heavy atom. The van der Waals surface area contributed by atoms with E-state index < -0.39 is 0 Å². The zero-order chi connectivity index (χ0) is 15.1. The lowest BCUT2D eigenvalue weighted by Crippen LogP contribution is -2.58. The van der Waals surface area contributed by atoms with Crippen molar-refractivity contribution in [2.75, 3.05) is 13.1 Å². The summed E-state index contributed by atoms with van der Waals surface area (Å²) >= 11 is 1.99. The first kappa shape index (κ1) is 14.7. The molecule has 0 unspecified atom stereocenters. The van der Waals surface area contributed by atoms with Crippen LogP contribution in [0.3, 0.4) is 0 Å². The highest BCUT2D eigenvalue weighted by Crippen LogP contribution is 2.38. The van der Waals surface area contributed by atoms with Gasteiger partial charge in [0.1, 0.15) is 0 Å². The maximum absolute atomic E-state index is 12.5. The molecule has 0 spiro atoms. The fourth-order valence-electron chi connectivity index (χ4n) is 4.45. The van der Waals surface area contributed by atoms with Gasteiger partial charge in [0.05, 0.1) is 6.04 Å². The molecule has 3 heterocycles. The Morgan fingerprint density at radius 2 is 2.00 bits per heavy atom. The van der Waals surface area contributed by atoms with Gasteiger partial charge in [-0.2, -0.15) is 0 Å². The molecule has 2 saturated heterocycles. The maximum Gasteiger partial charge on any atom is 0.239 e. The van der Waals surface area contributed by atoms with Gasteiger partial charge in [-0.15, -0.1) is 11.3 Å². The predicted octanol–water partition coefficient (Wildman–Crippen LogP) is 3.60. The first-order valence-corrected chi connectivity index (χ1v) is 9.67. The van der Waals surface area contributed by atoms with Gasteiger partial charge in [0, 0.05) is 35.4 Å². The monoisotopic (exact) mass is 318 g/mol. The van der Waals surface area contributed by atoms with Crippen LogP contribution < -0.4 is 0 Å². The zero-order valence-corrected chi connectivity index (χ0v) is 14.3. The Hall–Kier alpha value is -0.870. The summed E-state index contributed by atoms with van der Waals surface area (Å²) in [7, 11) is 0. The Kier molecular flexibility index (Phi) is 3.99. The first-order chi connectivity index (χ1) is 10.7. The lowest BCUT2D eigenvalue weighted by molar-refractivity contribution is -0.143. The highest BCUT2D eigenvalue weighted by Gasteiger charge is 2.40. The van der Waals surface area contributed by atoms with Crippen LogP contribution in [0, 0.1) is 0 Å². The normalized spacial score (nSPS) is 30.2. The van der Waals surface area contributed by atoms with Crippen LogP contribution in [-0.4, -0.2) is 40.9 Å². The van der Waals surface area contributed by atoms with Crippen LogP contribution in [0.5, 0.6) is 0 Å². The number of piperazine rings is 1. The second-order valence-electron chi connectivity index (χ2n) is 7.22. The SMILES string of the molecule is C[C@@H]1C(=O)N2CCC[C@H]2CN1Cc1ccc(C2CCCC2)s1. The van der Waals surface area contributed by atoms with E-state index in [2.05, 4.69) is 28.9 Å². The third-order valence-electron chi connectivity index (χ3n) is 5.81. The second-order valence-corrected chi connectivity index (χ2v) is 8.42. The van der Waals surface area contributed by atoms with Gasteiger partial charge in [0.15, 0.2) is 0 Å². The number of thiophene rings is 1. The van der Waals surface area contributed by atoms with Gasteiger partial charge in [0.25, 0.3) is 0 Å². The number of nitrogens with zero attached hydrogens (tertiary/aromatic N) is 2. The standard InChI is InChI=1S/C18H26N2OS/c1-13-18(21)20-10-4-7-15(20)11-19(13)12-16-8-9-17(22-16)14-5-2-3-6-14/h8-9,13-15H,2-7,10-12H2,1H3/t13-,15+/m1/s1. The largest absolute Gasteiger partial charge is 0.337 e. The number of hydrogen-bond acceptors (Lipinski definition) is 3. The molecule has 1 amide bonds. The number of hydrogen-bond donors (Lipinski definition) is 0. The van der Waals surface area contributed by atoms with Crippen molar-refractivity contribution in [2.24, 2.45) is 0 Å². The number of amides is 1. The summed E-state index contributed by atoms with van der Waals surface area (Å²) in [4.78, 5) is 20.0. The fourth-order valence-corrected chi connectivity index (χ4v) is 5.66. The average Bonchev–Trinajstić information content (AvgIpc) is 3.24. The van der Waals surface area contributed by atoms with E-state index in [1.807, 2.05) is 11.3 Å². The third-order valence-corrected chi connectivity index (χ3v) is 7.04. The van der Waals surface area contributed by atoms with Crippen LogP contribution in [0.2, 0.25) is 0 Å². The third kappa shape index (κ3) is 2.61. The second kappa shape index (κ2) is 5.97. The van der Waals surface area contributed by atoms with Gasteiger partial charge >= 0.3 is 0 Å². The number of fused-ring (bicyclic) bond motifs is 1. The number of carbonyl (C=O) groups excluding carboxylic acids is 1. The molecule has 0 N–H and O–H groups in total. The molecular formula is C18H26N2OS. The lowest BCUT2D eigenvalue weighted by atomic mass is 10.1.